The van der Waals surface area contributed by atoms with E-state index in [4.69, 9.17) is 14.2 Å². The molecule has 1 atom stereocenters. The molecule has 0 saturated heterocycles. The van der Waals surface area contributed by atoms with E-state index >= 15 is 0 Å². The van der Waals surface area contributed by atoms with Gasteiger partial charge in [-0.1, -0.05) is 0 Å². The van der Waals surface area contributed by atoms with Crippen molar-refractivity contribution in [3.8, 4) is 22.1 Å². The average molecular weight is 433 g/mol. The third kappa shape index (κ3) is 5.12. The second-order valence-electron chi connectivity index (χ2n) is 6.02. The minimum Gasteiger partial charge on any atom is -0.497 e. The zero-order valence-corrected chi connectivity index (χ0v) is 17.8. The highest BCUT2D eigenvalue weighted by Crippen LogP contribution is 2.29. The van der Waals surface area contributed by atoms with E-state index < -0.39 is 18.5 Å². The van der Waals surface area contributed by atoms with Crippen molar-refractivity contribution in [3.05, 3.63) is 51.7 Å². The number of amides is 1. The maximum absolute atomic E-state index is 12.2. The van der Waals surface area contributed by atoms with Gasteiger partial charge in [0.15, 0.2) is 12.3 Å². The molecule has 1 unspecified atom stereocenters. The fourth-order valence-electron chi connectivity index (χ4n) is 2.63. The smallest absolute Gasteiger partial charge is 0.358 e. The second kappa shape index (κ2) is 9.53. The van der Waals surface area contributed by atoms with Crippen LogP contribution >= 0.6 is 22.7 Å². The first kappa shape index (κ1) is 20.8. The first-order valence-corrected chi connectivity index (χ1v) is 10.5. The largest absolute Gasteiger partial charge is 0.497 e. The molecule has 0 aliphatic carbocycles. The number of esters is 1. The zero-order chi connectivity index (χ0) is 20.8. The number of nitrogens with zero attached hydrogens (tertiary/aromatic N) is 1. The van der Waals surface area contributed by atoms with Gasteiger partial charge in [-0.15, -0.1) is 11.3 Å². The highest BCUT2D eigenvalue weighted by atomic mass is 32.1. The number of methoxy groups -OCH3 is 2. The Balaban J connectivity index is 1.56. The molecule has 2 aromatic heterocycles. The molecule has 152 valence electrons. The Morgan fingerprint density at radius 2 is 2.00 bits per heavy atom. The average Bonchev–Trinajstić information content (AvgIpc) is 3.43. The second-order valence-corrected chi connectivity index (χ2v) is 7.66. The van der Waals surface area contributed by atoms with E-state index in [1.54, 1.807) is 49.1 Å². The Hall–Kier alpha value is -2.91. The van der Waals surface area contributed by atoms with Crippen LogP contribution in [0.3, 0.4) is 0 Å². The number of nitrogens with one attached hydrogen (secondary N) is 1. The highest BCUT2D eigenvalue weighted by molar-refractivity contribution is 7.14. The Kier molecular flexibility index (Phi) is 6.84. The molecule has 3 rings (SSSR count). The maximum atomic E-state index is 12.2. The van der Waals surface area contributed by atoms with Crippen molar-refractivity contribution in [2.24, 2.45) is 0 Å². The summed E-state index contributed by atoms with van der Waals surface area (Å²) in [6.45, 7) is 1.41. The molecular formula is C20H20N2O5S2. The van der Waals surface area contributed by atoms with Crippen LogP contribution in [-0.4, -0.2) is 37.7 Å². The Morgan fingerprint density at radius 1 is 1.17 bits per heavy atom. The number of aromatic nitrogens is 1. The lowest BCUT2D eigenvalue weighted by molar-refractivity contribution is -0.124. The summed E-state index contributed by atoms with van der Waals surface area (Å²) in [7, 11) is 3.12. The molecule has 7 nitrogen and oxygen atoms in total. The summed E-state index contributed by atoms with van der Waals surface area (Å²) in [6.07, 6.45) is 0. The van der Waals surface area contributed by atoms with Crippen LogP contribution in [0.15, 0.2) is 40.4 Å². The monoisotopic (exact) mass is 432 g/mol. The van der Waals surface area contributed by atoms with E-state index in [-0.39, 0.29) is 11.7 Å². The first-order chi connectivity index (χ1) is 14.0. The molecule has 0 fully saturated rings. The van der Waals surface area contributed by atoms with Crippen LogP contribution in [0.2, 0.25) is 0 Å². The number of rotatable bonds is 8. The molecule has 29 heavy (non-hydrogen) atoms. The lowest BCUT2D eigenvalue weighted by Gasteiger charge is -2.18. The number of thiazole rings is 1. The fraction of sp³-hybridized carbons (Fsp3) is 0.250. The van der Waals surface area contributed by atoms with Crippen molar-refractivity contribution in [1.82, 2.24) is 10.3 Å². The Labute approximate surface area is 176 Å². The van der Waals surface area contributed by atoms with Gasteiger partial charge in [-0.25, -0.2) is 9.78 Å². The van der Waals surface area contributed by atoms with Crippen molar-refractivity contribution < 1.29 is 23.8 Å². The lowest BCUT2D eigenvalue weighted by Crippen LogP contribution is -2.31. The molecule has 1 amide bonds. The molecule has 0 aliphatic heterocycles. The van der Waals surface area contributed by atoms with Gasteiger partial charge in [0.2, 0.25) is 0 Å². The van der Waals surface area contributed by atoms with Crippen LogP contribution in [0.1, 0.15) is 29.0 Å². The minimum atomic E-state index is -0.635. The molecule has 0 bridgehead atoms. The van der Waals surface area contributed by atoms with Gasteiger partial charge in [-0.2, -0.15) is 11.3 Å². The normalized spacial score (nSPS) is 11.6. The molecule has 9 heteroatoms. The SMILES string of the molecule is COc1ccc(OC)c(C(C)NC(=O)COC(=O)c2csc(-c3ccsc3)n2)c1. The van der Waals surface area contributed by atoms with Crippen molar-refractivity contribution >= 4 is 34.6 Å². The van der Waals surface area contributed by atoms with Crippen molar-refractivity contribution in [2.45, 2.75) is 13.0 Å². The quantitative estimate of drug-likeness (QED) is 0.543. The van der Waals surface area contributed by atoms with Crippen molar-refractivity contribution in [1.29, 1.82) is 0 Å². The molecular weight excluding hydrogens is 412 g/mol. The number of hydrogen-bond acceptors (Lipinski definition) is 8. The van der Waals surface area contributed by atoms with Gasteiger partial charge in [0.1, 0.15) is 16.5 Å². The van der Waals surface area contributed by atoms with Gasteiger partial charge in [-0.05, 0) is 36.6 Å². The van der Waals surface area contributed by atoms with Crippen molar-refractivity contribution in [3.63, 3.8) is 0 Å². The summed E-state index contributed by atoms with van der Waals surface area (Å²) in [5.41, 5.74) is 1.90. The van der Waals surface area contributed by atoms with Gasteiger partial charge >= 0.3 is 5.97 Å². The third-order valence-electron chi connectivity index (χ3n) is 4.10. The molecule has 0 spiro atoms. The maximum Gasteiger partial charge on any atom is 0.358 e. The Bertz CT molecular complexity index is 985. The fourth-order valence-corrected chi connectivity index (χ4v) is 4.13. The van der Waals surface area contributed by atoms with E-state index in [1.165, 1.54) is 11.3 Å². The van der Waals surface area contributed by atoms with Gasteiger partial charge in [-0.3, -0.25) is 4.79 Å². The van der Waals surface area contributed by atoms with Crippen LogP contribution in [0.4, 0.5) is 0 Å². The molecule has 1 aromatic carbocycles. The molecule has 0 radical (unpaired) electrons. The molecule has 2 heterocycles. The van der Waals surface area contributed by atoms with Gasteiger partial charge in [0, 0.05) is 21.9 Å². The van der Waals surface area contributed by atoms with E-state index in [1.807, 2.05) is 23.8 Å². The van der Waals surface area contributed by atoms with Crippen LogP contribution in [-0.2, 0) is 9.53 Å². The first-order valence-electron chi connectivity index (χ1n) is 8.68. The summed E-state index contributed by atoms with van der Waals surface area (Å²) in [6, 6.07) is 6.90. The highest BCUT2D eigenvalue weighted by Gasteiger charge is 2.18. The standard InChI is InChI=1S/C20H20N2O5S2/c1-12(15-8-14(25-2)4-5-17(15)26-3)21-18(23)9-27-20(24)16-11-29-19(22-16)13-6-7-28-10-13/h4-8,10-12H,9H2,1-3H3,(H,21,23). The molecule has 1 N–H and O–H groups in total. The third-order valence-corrected chi connectivity index (χ3v) is 5.67. The van der Waals surface area contributed by atoms with E-state index in [2.05, 4.69) is 10.3 Å². The molecule has 3 aromatic rings. The van der Waals surface area contributed by atoms with Crippen LogP contribution in [0.5, 0.6) is 11.5 Å². The summed E-state index contributed by atoms with van der Waals surface area (Å²) in [5, 5.41) is 9.04. The summed E-state index contributed by atoms with van der Waals surface area (Å²) >= 11 is 2.91. The van der Waals surface area contributed by atoms with Crippen LogP contribution < -0.4 is 14.8 Å². The van der Waals surface area contributed by atoms with Crippen LogP contribution in [0, 0.1) is 0 Å². The summed E-state index contributed by atoms with van der Waals surface area (Å²) in [5.74, 6) is 0.214. The van der Waals surface area contributed by atoms with E-state index in [9.17, 15) is 9.59 Å². The number of benzene rings is 1. The Morgan fingerprint density at radius 3 is 2.69 bits per heavy atom. The summed E-state index contributed by atoms with van der Waals surface area (Å²) < 4.78 is 15.7. The predicted molar refractivity (Wildman–Crippen MR) is 112 cm³/mol. The van der Waals surface area contributed by atoms with Gasteiger partial charge in [0.05, 0.1) is 20.3 Å². The van der Waals surface area contributed by atoms with Gasteiger partial charge in [0.25, 0.3) is 5.91 Å². The number of carbonyl (C=O) groups is 2. The number of ether oxygens (including phenoxy) is 3. The van der Waals surface area contributed by atoms with Crippen LogP contribution in [0.25, 0.3) is 10.6 Å². The van der Waals surface area contributed by atoms with Crippen molar-refractivity contribution in [2.75, 3.05) is 20.8 Å². The number of carbonyl (C=O) groups excluding carboxylic acids is 2. The topological polar surface area (TPSA) is 86.8 Å². The lowest BCUT2D eigenvalue weighted by atomic mass is 10.1. The van der Waals surface area contributed by atoms with E-state index in [0.717, 1.165) is 16.1 Å². The predicted octanol–water partition coefficient (Wildman–Crippen LogP) is 3.92. The number of hydrogen-bond donors (Lipinski definition) is 1. The molecule has 0 aliphatic rings. The van der Waals surface area contributed by atoms with Gasteiger partial charge < -0.3 is 19.5 Å². The number of thiophene rings is 1. The minimum absolute atomic E-state index is 0.187. The van der Waals surface area contributed by atoms with E-state index in [0.29, 0.717) is 11.5 Å². The molecule has 0 saturated carbocycles. The summed E-state index contributed by atoms with van der Waals surface area (Å²) in [4.78, 5) is 28.7. The zero-order valence-electron chi connectivity index (χ0n) is 16.1.